The highest BCUT2D eigenvalue weighted by atomic mass is 79.9. The molecule has 0 bridgehead atoms. The van der Waals surface area contributed by atoms with Crippen LogP contribution in [0.5, 0.6) is 11.5 Å². The summed E-state index contributed by atoms with van der Waals surface area (Å²) in [5, 5.41) is 2.77. The summed E-state index contributed by atoms with van der Waals surface area (Å²) in [6.45, 7) is 2.58. The van der Waals surface area contributed by atoms with Crippen LogP contribution >= 0.6 is 15.9 Å². The van der Waals surface area contributed by atoms with Crippen molar-refractivity contribution in [3.63, 3.8) is 0 Å². The van der Waals surface area contributed by atoms with Gasteiger partial charge in [0.2, 0.25) is 5.91 Å². The summed E-state index contributed by atoms with van der Waals surface area (Å²) in [5.74, 6) is 1.10. The van der Waals surface area contributed by atoms with E-state index in [1.54, 1.807) is 31.2 Å². The van der Waals surface area contributed by atoms with Gasteiger partial charge in [-0.05, 0) is 42.0 Å². The second kappa shape index (κ2) is 7.67. The number of nitrogens with one attached hydrogen (secondary N) is 1. The van der Waals surface area contributed by atoms with Crippen molar-refractivity contribution < 1.29 is 22.7 Å². The highest BCUT2D eigenvalue weighted by Crippen LogP contribution is 2.35. The van der Waals surface area contributed by atoms with Gasteiger partial charge in [-0.1, -0.05) is 22.9 Å². The molecule has 2 aromatic rings. The highest BCUT2D eigenvalue weighted by molar-refractivity contribution is 9.10. The molecular formula is C18H18BrNO5S. The molecule has 0 aromatic heterocycles. The van der Waals surface area contributed by atoms with E-state index in [0.717, 1.165) is 10.0 Å². The molecule has 0 saturated carbocycles. The number of rotatable bonds is 5. The Hall–Kier alpha value is -2.06. The van der Waals surface area contributed by atoms with Crippen LogP contribution in [0.2, 0.25) is 0 Å². The van der Waals surface area contributed by atoms with Crippen molar-refractivity contribution >= 4 is 37.4 Å². The van der Waals surface area contributed by atoms with Gasteiger partial charge in [0.05, 0.1) is 17.1 Å². The van der Waals surface area contributed by atoms with Gasteiger partial charge in [0.15, 0.2) is 21.3 Å². The zero-order valence-corrected chi connectivity index (χ0v) is 16.5. The van der Waals surface area contributed by atoms with Gasteiger partial charge in [-0.3, -0.25) is 4.79 Å². The van der Waals surface area contributed by atoms with Crippen molar-refractivity contribution in [3.05, 3.63) is 46.4 Å². The lowest BCUT2D eigenvalue weighted by molar-refractivity contribution is -0.115. The van der Waals surface area contributed by atoms with E-state index in [-0.39, 0.29) is 23.0 Å². The van der Waals surface area contributed by atoms with E-state index in [0.29, 0.717) is 30.4 Å². The largest absolute Gasteiger partial charge is 0.486 e. The Balaban J connectivity index is 1.69. The van der Waals surface area contributed by atoms with Gasteiger partial charge in [-0.25, -0.2) is 8.42 Å². The van der Waals surface area contributed by atoms with E-state index >= 15 is 0 Å². The Morgan fingerprint density at radius 1 is 1.12 bits per heavy atom. The van der Waals surface area contributed by atoms with Gasteiger partial charge in [0.25, 0.3) is 0 Å². The molecule has 0 unspecified atom stereocenters. The quantitative estimate of drug-likeness (QED) is 0.773. The number of halogens is 1. The third-order valence-electron chi connectivity index (χ3n) is 3.94. The molecule has 8 heteroatoms. The van der Waals surface area contributed by atoms with Crippen LogP contribution < -0.4 is 14.8 Å². The van der Waals surface area contributed by atoms with E-state index in [2.05, 4.69) is 21.2 Å². The van der Waals surface area contributed by atoms with Crippen LogP contribution in [0.4, 0.5) is 5.69 Å². The second-order valence-electron chi connectivity index (χ2n) is 5.74. The number of carbonyl (C=O) groups is 1. The molecule has 0 aliphatic carbocycles. The number of amides is 1. The van der Waals surface area contributed by atoms with Crippen molar-refractivity contribution in [2.75, 3.05) is 24.3 Å². The number of fused-ring (bicyclic) bond motifs is 1. The number of hydrogen-bond donors (Lipinski definition) is 1. The van der Waals surface area contributed by atoms with E-state index in [4.69, 9.17) is 9.47 Å². The maximum absolute atomic E-state index is 12.3. The Kier molecular flexibility index (Phi) is 5.52. The van der Waals surface area contributed by atoms with Gasteiger partial charge < -0.3 is 14.8 Å². The van der Waals surface area contributed by atoms with Crippen LogP contribution in [0.25, 0.3) is 0 Å². The average molecular weight is 440 g/mol. The number of benzene rings is 2. The number of anilines is 1. The van der Waals surface area contributed by atoms with Crippen LogP contribution in [0.1, 0.15) is 12.5 Å². The fourth-order valence-electron chi connectivity index (χ4n) is 2.53. The molecule has 3 rings (SSSR count). The first-order valence-electron chi connectivity index (χ1n) is 8.10. The molecule has 1 N–H and O–H groups in total. The summed E-state index contributed by atoms with van der Waals surface area (Å²) < 4.78 is 35.4. The number of carbonyl (C=O) groups excluding carboxylic acids is 1. The minimum atomic E-state index is -3.25. The number of sulfone groups is 1. The van der Waals surface area contributed by atoms with Crippen LogP contribution in [-0.4, -0.2) is 33.3 Å². The Bertz CT molecular complexity index is 925. The predicted molar refractivity (Wildman–Crippen MR) is 102 cm³/mol. The minimum Gasteiger partial charge on any atom is -0.486 e. The molecule has 0 radical (unpaired) electrons. The van der Waals surface area contributed by atoms with E-state index in [9.17, 15) is 13.2 Å². The highest BCUT2D eigenvalue weighted by Gasteiger charge is 2.17. The molecule has 1 aliphatic rings. The van der Waals surface area contributed by atoms with Crippen molar-refractivity contribution in [2.24, 2.45) is 0 Å². The zero-order valence-electron chi connectivity index (χ0n) is 14.1. The summed E-state index contributed by atoms with van der Waals surface area (Å²) >= 11 is 3.45. The molecule has 0 spiro atoms. The van der Waals surface area contributed by atoms with Gasteiger partial charge in [0, 0.05) is 10.2 Å². The monoisotopic (exact) mass is 439 g/mol. The van der Waals surface area contributed by atoms with Crippen molar-refractivity contribution in [1.29, 1.82) is 0 Å². The molecule has 138 valence electrons. The first kappa shape index (κ1) is 18.7. The number of ether oxygens (including phenoxy) is 2. The van der Waals surface area contributed by atoms with E-state index in [1.165, 1.54) is 12.1 Å². The Morgan fingerprint density at radius 2 is 1.73 bits per heavy atom. The second-order valence-corrected chi connectivity index (χ2v) is 8.87. The van der Waals surface area contributed by atoms with Gasteiger partial charge in [0.1, 0.15) is 13.2 Å². The molecule has 0 fully saturated rings. The lowest BCUT2D eigenvalue weighted by Crippen LogP contribution is -2.17. The molecule has 1 heterocycles. The minimum absolute atomic E-state index is 0.0385. The van der Waals surface area contributed by atoms with Crippen LogP contribution in [0.3, 0.4) is 0 Å². The smallest absolute Gasteiger partial charge is 0.228 e. The van der Waals surface area contributed by atoms with Gasteiger partial charge in [-0.2, -0.15) is 0 Å². The molecule has 0 atom stereocenters. The van der Waals surface area contributed by atoms with Crippen LogP contribution in [0, 0.1) is 0 Å². The standard InChI is InChI=1S/C18H18BrNO5S/c1-2-26(22,23)14-5-3-13(4-6-14)20-18(21)10-12-9-16-17(11-15(12)19)25-8-7-24-16/h3-6,9,11H,2,7-8,10H2,1H3,(H,20,21). The first-order chi connectivity index (χ1) is 12.4. The maximum atomic E-state index is 12.3. The fourth-order valence-corrected chi connectivity index (χ4v) is 3.88. The van der Waals surface area contributed by atoms with E-state index in [1.807, 2.05) is 0 Å². The molecule has 0 saturated heterocycles. The Morgan fingerprint density at radius 3 is 2.35 bits per heavy atom. The Labute approximate surface area is 160 Å². The normalized spacial score (nSPS) is 13.3. The third kappa shape index (κ3) is 4.19. The number of hydrogen-bond acceptors (Lipinski definition) is 5. The fraction of sp³-hybridized carbons (Fsp3) is 0.278. The lowest BCUT2D eigenvalue weighted by atomic mass is 10.1. The van der Waals surface area contributed by atoms with Crippen LogP contribution in [-0.2, 0) is 21.1 Å². The molecule has 1 amide bonds. The van der Waals surface area contributed by atoms with Crippen molar-refractivity contribution in [3.8, 4) is 11.5 Å². The zero-order chi connectivity index (χ0) is 18.7. The average Bonchev–Trinajstić information content (AvgIpc) is 2.63. The lowest BCUT2D eigenvalue weighted by Gasteiger charge is -2.19. The summed E-state index contributed by atoms with van der Waals surface area (Å²) in [5.41, 5.74) is 1.32. The summed E-state index contributed by atoms with van der Waals surface area (Å²) in [4.78, 5) is 12.6. The molecular weight excluding hydrogens is 422 g/mol. The first-order valence-corrected chi connectivity index (χ1v) is 10.5. The van der Waals surface area contributed by atoms with Crippen molar-refractivity contribution in [1.82, 2.24) is 0 Å². The third-order valence-corrected chi connectivity index (χ3v) is 6.43. The van der Waals surface area contributed by atoms with Gasteiger partial charge in [-0.15, -0.1) is 0 Å². The van der Waals surface area contributed by atoms with E-state index < -0.39 is 9.84 Å². The summed E-state index contributed by atoms with van der Waals surface area (Å²) in [6.07, 6.45) is 0.145. The topological polar surface area (TPSA) is 81.7 Å². The maximum Gasteiger partial charge on any atom is 0.228 e. The molecule has 1 aliphatic heterocycles. The predicted octanol–water partition coefficient (Wildman–Crippen LogP) is 3.20. The molecule has 2 aromatic carbocycles. The SMILES string of the molecule is CCS(=O)(=O)c1ccc(NC(=O)Cc2cc3c(cc2Br)OCCO3)cc1. The van der Waals surface area contributed by atoms with Crippen LogP contribution in [0.15, 0.2) is 45.8 Å². The molecule has 6 nitrogen and oxygen atoms in total. The van der Waals surface area contributed by atoms with Gasteiger partial charge >= 0.3 is 0 Å². The van der Waals surface area contributed by atoms with Crippen molar-refractivity contribution in [2.45, 2.75) is 18.2 Å². The summed E-state index contributed by atoms with van der Waals surface area (Å²) in [6, 6.07) is 9.73. The molecule has 26 heavy (non-hydrogen) atoms. The summed E-state index contributed by atoms with van der Waals surface area (Å²) in [7, 11) is -3.25.